The molecule has 29 heavy (non-hydrogen) atoms. The van der Waals surface area contributed by atoms with Gasteiger partial charge in [-0.2, -0.15) is 0 Å². The van der Waals surface area contributed by atoms with E-state index in [4.69, 9.17) is 16.3 Å². The number of carbonyl (C=O) groups excluding carboxylic acids is 1. The van der Waals surface area contributed by atoms with Gasteiger partial charge in [-0.15, -0.1) is 11.3 Å². The summed E-state index contributed by atoms with van der Waals surface area (Å²) in [5.41, 5.74) is 2.57. The summed E-state index contributed by atoms with van der Waals surface area (Å²) in [5, 5.41) is 1.57. The van der Waals surface area contributed by atoms with Gasteiger partial charge in [-0.1, -0.05) is 54.1 Å². The monoisotopic (exact) mass is 426 g/mol. The quantitative estimate of drug-likeness (QED) is 0.515. The highest BCUT2D eigenvalue weighted by molar-refractivity contribution is 7.15. The smallest absolute Gasteiger partial charge is 0.274 e. The van der Waals surface area contributed by atoms with E-state index >= 15 is 0 Å². The molecule has 2 aromatic carbocycles. The molecular weight excluding hydrogens is 404 g/mol. The van der Waals surface area contributed by atoms with Crippen LogP contribution in [0.5, 0.6) is 0 Å². The molecule has 1 fully saturated rings. The molecule has 0 spiro atoms. The van der Waals surface area contributed by atoms with E-state index < -0.39 is 0 Å². The van der Waals surface area contributed by atoms with Crippen LogP contribution >= 0.6 is 22.9 Å². The Morgan fingerprint density at radius 1 is 1.21 bits per heavy atom. The molecule has 0 bridgehead atoms. The Morgan fingerprint density at radius 2 is 1.97 bits per heavy atom. The van der Waals surface area contributed by atoms with Crippen LogP contribution < -0.4 is 0 Å². The molecule has 4 nitrogen and oxygen atoms in total. The highest BCUT2D eigenvalue weighted by Gasteiger charge is 2.27. The number of aryl methyl sites for hydroxylation is 1. The summed E-state index contributed by atoms with van der Waals surface area (Å²) in [5.74, 6) is -0.0568. The normalized spacial score (nSPS) is 16.1. The van der Waals surface area contributed by atoms with Gasteiger partial charge in [0.2, 0.25) is 0 Å². The van der Waals surface area contributed by atoms with Crippen molar-refractivity contribution in [2.75, 3.05) is 13.2 Å². The van der Waals surface area contributed by atoms with Gasteiger partial charge in [-0.05, 0) is 43.0 Å². The van der Waals surface area contributed by atoms with Crippen LogP contribution in [-0.2, 0) is 11.3 Å². The molecule has 0 radical (unpaired) electrons. The topological polar surface area (TPSA) is 42.4 Å². The molecule has 1 amide bonds. The Labute approximate surface area is 180 Å². The predicted molar refractivity (Wildman–Crippen MR) is 117 cm³/mol. The van der Waals surface area contributed by atoms with Gasteiger partial charge < -0.3 is 9.64 Å². The lowest BCUT2D eigenvalue weighted by atomic mass is 10.1. The molecule has 1 atom stereocenters. The molecule has 0 aliphatic carbocycles. The number of nitrogens with zero attached hydrogens (tertiary/aromatic N) is 2. The van der Waals surface area contributed by atoms with Gasteiger partial charge in [0.1, 0.15) is 5.69 Å². The van der Waals surface area contributed by atoms with E-state index in [2.05, 4.69) is 4.98 Å². The van der Waals surface area contributed by atoms with E-state index in [1.165, 1.54) is 0 Å². The maximum absolute atomic E-state index is 13.6. The molecule has 1 unspecified atom stereocenters. The minimum atomic E-state index is -0.0568. The fourth-order valence-electron chi connectivity index (χ4n) is 3.57. The van der Waals surface area contributed by atoms with Gasteiger partial charge in [0, 0.05) is 24.7 Å². The zero-order valence-corrected chi connectivity index (χ0v) is 17.9. The minimum Gasteiger partial charge on any atom is -0.376 e. The summed E-state index contributed by atoms with van der Waals surface area (Å²) in [4.78, 5) is 21.0. The fraction of sp³-hybridized carbons (Fsp3) is 0.304. The summed E-state index contributed by atoms with van der Waals surface area (Å²) in [7, 11) is 0. The third-order valence-electron chi connectivity index (χ3n) is 4.99. The fourth-order valence-corrected chi connectivity index (χ4v) is 4.61. The second-order valence-corrected chi connectivity index (χ2v) is 8.86. The van der Waals surface area contributed by atoms with Crippen LogP contribution in [0.25, 0.3) is 10.4 Å². The molecule has 1 saturated heterocycles. The first-order valence-electron chi connectivity index (χ1n) is 9.78. The van der Waals surface area contributed by atoms with Gasteiger partial charge in [0.25, 0.3) is 5.91 Å². The van der Waals surface area contributed by atoms with Gasteiger partial charge in [-0.25, -0.2) is 4.98 Å². The number of ether oxygens (including phenoxy) is 1. The van der Waals surface area contributed by atoms with Crippen LogP contribution in [-0.4, -0.2) is 35.0 Å². The van der Waals surface area contributed by atoms with Crippen molar-refractivity contribution in [2.45, 2.75) is 32.4 Å². The number of aromatic nitrogens is 1. The van der Waals surface area contributed by atoms with Crippen molar-refractivity contribution >= 4 is 28.8 Å². The molecule has 150 valence electrons. The molecule has 1 aromatic heterocycles. The lowest BCUT2D eigenvalue weighted by Crippen LogP contribution is -2.37. The maximum atomic E-state index is 13.6. The van der Waals surface area contributed by atoms with Crippen molar-refractivity contribution in [2.24, 2.45) is 0 Å². The van der Waals surface area contributed by atoms with E-state index in [-0.39, 0.29) is 12.0 Å². The average molecular weight is 427 g/mol. The Balaban J connectivity index is 1.65. The van der Waals surface area contributed by atoms with Crippen molar-refractivity contribution < 1.29 is 9.53 Å². The van der Waals surface area contributed by atoms with E-state index in [0.717, 1.165) is 40.5 Å². The Kier molecular flexibility index (Phi) is 6.28. The Bertz CT molecular complexity index is 966. The maximum Gasteiger partial charge on any atom is 0.274 e. The second-order valence-electron chi connectivity index (χ2n) is 7.22. The lowest BCUT2D eigenvalue weighted by molar-refractivity contribution is 0.0504. The number of benzene rings is 2. The minimum absolute atomic E-state index is 0.0568. The first kappa shape index (κ1) is 20.1. The standard InChI is InChI=1S/C23H23ClN2O2S/c1-16-25-21(22(29-16)18-6-3-2-4-7-18)23(27)26(15-20-8-5-13-28-20)14-17-9-11-19(24)12-10-17/h2-4,6-7,9-12,20H,5,8,13-15H2,1H3. The molecule has 1 aliphatic heterocycles. The van der Waals surface area contributed by atoms with Gasteiger partial charge in [-0.3, -0.25) is 4.79 Å². The number of amides is 1. The van der Waals surface area contributed by atoms with Crippen molar-refractivity contribution in [1.29, 1.82) is 0 Å². The van der Waals surface area contributed by atoms with E-state index in [0.29, 0.717) is 23.8 Å². The van der Waals surface area contributed by atoms with E-state index in [1.807, 2.05) is 66.4 Å². The Hall–Kier alpha value is -2.21. The molecule has 3 aromatic rings. The van der Waals surface area contributed by atoms with Crippen LogP contribution in [0.1, 0.15) is 33.9 Å². The largest absolute Gasteiger partial charge is 0.376 e. The first-order valence-corrected chi connectivity index (χ1v) is 11.0. The number of halogens is 1. The summed E-state index contributed by atoms with van der Waals surface area (Å²) < 4.78 is 5.81. The van der Waals surface area contributed by atoms with Gasteiger partial charge in [0.15, 0.2) is 0 Å². The van der Waals surface area contributed by atoms with Crippen LogP contribution in [0.15, 0.2) is 54.6 Å². The van der Waals surface area contributed by atoms with Crippen molar-refractivity contribution in [3.63, 3.8) is 0 Å². The summed E-state index contributed by atoms with van der Waals surface area (Å²) >= 11 is 7.58. The van der Waals surface area contributed by atoms with E-state index in [9.17, 15) is 4.79 Å². The second kappa shape index (κ2) is 9.08. The Morgan fingerprint density at radius 3 is 2.66 bits per heavy atom. The molecule has 0 saturated carbocycles. The predicted octanol–water partition coefficient (Wildman–Crippen LogP) is 5.59. The van der Waals surface area contributed by atoms with Crippen molar-refractivity contribution in [3.05, 3.63) is 75.9 Å². The molecular formula is C23H23ClN2O2S. The summed E-state index contributed by atoms with van der Waals surface area (Å²) in [6.45, 7) is 3.77. The number of rotatable bonds is 6. The average Bonchev–Trinajstić information content (AvgIpc) is 3.39. The SMILES string of the molecule is Cc1nc(C(=O)N(Cc2ccc(Cl)cc2)CC2CCCO2)c(-c2ccccc2)s1. The molecule has 6 heteroatoms. The number of hydrogen-bond acceptors (Lipinski definition) is 4. The summed E-state index contributed by atoms with van der Waals surface area (Å²) in [6, 6.07) is 17.6. The first-order chi connectivity index (χ1) is 14.1. The van der Waals surface area contributed by atoms with Crippen molar-refractivity contribution in [1.82, 2.24) is 9.88 Å². The van der Waals surface area contributed by atoms with E-state index in [1.54, 1.807) is 11.3 Å². The van der Waals surface area contributed by atoms with Crippen molar-refractivity contribution in [3.8, 4) is 10.4 Å². The van der Waals surface area contributed by atoms with Crippen LogP contribution in [0, 0.1) is 6.92 Å². The highest BCUT2D eigenvalue weighted by atomic mass is 35.5. The third-order valence-corrected chi connectivity index (χ3v) is 6.27. The number of thiazole rings is 1. The molecule has 0 N–H and O–H groups in total. The third kappa shape index (κ3) is 4.86. The molecule has 4 rings (SSSR count). The highest BCUT2D eigenvalue weighted by Crippen LogP contribution is 2.31. The lowest BCUT2D eigenvalue weighted by Gasteiger charge is -2.25. The van der Waals surface area contributed by atoms with Gasteiger partial charge >= 0.3 is 0 Å². The zero-order chi connectivity index (χ0) is 20.2. The van der Waals surface area contributed by atoms with Crippen LogP contribution in [0.4, 0.5) is 0 Å². The molecule has 1 aliphatic rings. The molecule has 2 heterocycles. The van der Waals surface area contributed by atoms with Gasteiger partial charge in [0.05, 0.1) is 16.0 Å². The van der Waals surface area contributed by atoms with Crippen LogP contribution in [0.3, 0.4) is 0 Å². The number of hydrogen-bond donors (Lipinski definition) is 0. The summed E-state index contributed by atoms with van der Waals surface area (Å²) in [6.07, 6.45) is 2.09. The van der Waals surface area contributed by atoms with Crippen LogP contribution in [0.2, 0.25) is 5.02 Å². The zero-order valence-electron chi connectivity index (χ0n) is 16.3. The number of carbonyl (C=O) groups is 1.